The average molecular weight is 325 g/mol. The van der Waals surface area contributed by atoms with Crippen molar-refractivity contribution in [1.82, 2.24) is 0 Å². The van der Waals surface area contributed by atoms with Gasteiger partial charge in [-0.15, -0.1) is 0 Å². The number of carbonyl (C=O) groups is 1. The van der Waals surface area contributed by atoms with E-state index in [1.165, 1.54) is 12.1 Å². The van der Waals surface area contributed by atoms with Gasteiger partial charge in [-0.3, -0.25) is 0 Å². The van der Waals surface area contributed by atoms with E-state index in [1.54, 1.807) is 12.1 Å². The molecule has 24 heavy (non-hydrogen) atoms. The fraction of sp³-hybridized carbons (Fsp3) is 0.316. The number of carboxylic acids is 1. The molecule has 3 N–H and O–H groups in total. The van der Waals surface area contributed by atoms with Gasteiger partial charge in [0.05, 0.1) is 16.9 Å². The van der Waals surface area contributed by atoms with Crippen LogP contribution < -0.4 is 5.73 Å². The molecule has 0 heterocycles. The van der Waals surface area contributed by atoms with Crippen LogP contribution in [-0.2, 0) is 12.8 Å². The number of aryl methyl sites for hydroxylation is 2. The molecule has 0 unspecified atom stereocenters. The van der Waals surface area contributed by atoms with Crippen molar-refractivity contribution in [2.75, 3.05) is 5.73 Å². The van der Waals surface area contributed by atoms with E-state index in [0.717, 1.165) is 48.2 Å². The van der Waals surface area contributed by atoms with Gasteiger partial charge in [0.15, 0.2) is 0 Å². The molecule has 0 aliphatic rings. The molecule has 0 spiro atoms. The standard InChI is InChI=1S/C19H23N3O2/c1-3-6-13-10-17(11-14(7-4-2)18(13)20)22-21-16-9-5-8-15(12-16)19(23)24/h5,8-12H,3-4,6-7,20H2,1-2H3,(H,23,24). The number of hydrogen-bond acceptors (Lipinski definition) is 4. The van der Waals surface area contributed by atoms with Gasteiger partial charge >= 0.3 is 5.97 Å². The molecule has 2 aromatic rings. The van der Waals surface area contributed by atoms with Gasteiger partial charge in [0.25, 0.3) is 0 Å². The van der Waals surface area contributed by atoms with Gasteiger partial charge in [-0.05, 0) is 54.3 Å². The first kappa shape index (κ1) is 17.7. The molecule has 0 amide bonds. The van der Waals surface area contributed by atoms with E-state index in [2.05, 4.69) is 24.1 Å². The van der Waals surface area contributed by atoms with E-state index in [4.69, 9.17) is 10.8 Å². The Bertz CT molecular complexity index is 727. The number of carboxylic acid groups (broad SMARTS) is 1. The molecule has 2 rings (SSSR count). The monoisotopic (exact) mass is 325 g/mol. The highest BCUT2D eigenvalue weighted by molar-refractivity contribution is 5.88. The molecule has 0 saturated carbocycles. The summed E-state index contributed by atoms with van der Waals surface area (Å²) < 4.78 is 0. The Balaban J connectivity index is 2.34. The van der Waals surface area contributed by atoms with Gasteiger partial charge in [0.2, 0.25) is 0 Å². The SMILES string of the molecule is CCCc1cc(N=Nc2cccc(C(=O)O)c2)cc(CCC)c1N. The lowest BCUT2D eigenvalue weighted by Crippen LogP contribution is -2.00. The predicted molar refractivity (Wildman–Crippen MR) is 96.4 cm³/mol. The van der Waals surface area contributed by atoms with Crippen LogP contribution in [0.3, 0.4) is 0 Å². The second-order valence-corrected chi connectivity index (χ2v) is 5.73. The Morgan fingerprint density at radius 3 is 2.12 bits per heavy atom. The Morgan fingerprint density at radius 1 is 1.00 bits per heavy atom. The Morgan fingerprint density at radius 2 is 1.58 bits per heavy atom. The summed E-state index contributed by atoms with van der Waals surface area (Å²) in [5.74, 6) is -0.977. The lowest BCUT2D eigenvalue weighted by Gasteiger charge is -2.11. The summed E-state index contributed by atoms with van der Waals surface area (Å²) in [6, 6.07) is 10.3. The van der Waals surface area contributed by atoms with Crippen molar-refractivity contribution < 1.29 is 9.90 Å². The summed E-state index contributed by atoms with van der Waals surface area (Å²) in [6.07, 6.45) is 3.83. The number of anilines is 1. The van der Waals surface area contributed by atoms with Crippen LogP contribution in [0.2, 0.25) is 0 Å². The predicted octanol–water partition coefficient (Wildman–Crippen LogP) is 5.29. The fourth-order valence-corrected chi connectivity index (χ4v) is 2.59. The average Bonchev–Trinajstić information content (AvgIpc) is 2.57. The minimum Gasteiger partial charge on any atom is -0.478 e. The molecule has 0 aliphatic carbocycles. The van der Waals surface area contributed by atoms with Crippen LogP contribution in [0.4, 0.5) is 17.1 Å². The van der Waals surface area contributed by atoms with Crippen LogP contribution in [0.1, 0.15) is 48.2 Å². The summed E-state index contributed by atoms with van der Waals surface area (Å²) in [6.45, 7) is 4.23. The molecule has 0 atom stereocenters. The lowest BCUT2D eigenvalue weighted by atomic mass is 9.99. The van der Waals surface area contributed by atoms with Crippen LogP contribution in [0, 0.1) is 0 Å². The number of rotatable bonds is 7. The van der Waals surface area contributed by atoms with Gasteiger partial charge in [-0.25, -0.2) is 4.79 Å². The first-order chi connectivity index (χ1) is 11.5. The third-order valence-corrected chi connectivity index (χ3v) is 3.75. The molecular formula is C19H23N3O2. The van der Waals surface area contributed by atoms with Crippen molar-refractivity contribution >= 4 is 23.0 Å². The molecule has 5 heteroatoms. The zero-order valence-electron chi connectivity index (χ0n) is 14.1. The molecule has 0 bridgehead atoms. The molecule has 0 aliphatic heterocycles. The molecule has 2 aromatic carbocycles. The second kappa shape index (κ2) is 8.24. The van der Waals surface area contributed by atoms with Crippen molar-refractivity contribution in [2.24, 2.45) is 10.2 Å². The van der Waals surface area contributed by atoms with E-state index >= 15 is 0 Å². The van der Waals surface area contributed by atoms with Crippen molar-refractivity contribution in [3.63, 3.8) is 0 Å². The number of hydrogen-bond donors (Lipinski definition) is 2. The molecule has 5 nitrogen and oxygen atoms in total. The van der Waals surface area contributed by atoms with Crippen LogP contribution in [0.15, 0.2) is 46.6 Å². The number of nitrogens with zero attached hydrogens (tertiary/aromatic N) is 2. The van der Waals surface area contributed by atoms with Crippen molar-refractivity contribution in [1.29, 1.82) is 0 Å². The maximum absolute atomic E-state index is 11.0. The number of benzene rings is 2. The molecule has 0 radical (unpaired) electrons. The van der Waals surface area contributed by atoms with Gasteiger partial charge in [-0.1, -0.05) is 32.8 Å². The molecule has 126 valence electrons. The molecule has 0 fully saturated rings. The topological polar surface area (TPSA) is 88.0 Å². The Hall–Kier alpha value is -2.69. The molecule has 0 saturated heterocycles. The summed E-state index contributed by atoms with van der Waals surface area (Å²) in [4.78, 5) is 11.0. The van der Waals surface area contributed by atoms with Gasteiger partial charge in [0, 0.05) is 5.69 Å². The second-order valence-electron chi connectivity index (χ2n) is 5.73. The molecular weight excluding hydrogens is 302 g/mol. The third kappa shape index (κ3) is 4.41. The first-order valence-corrected chi connectivity index (χ1v) is 8.21. The van der Waals surface area contributed by atoms with E-state index in [-0.39, 0.29) is 5.56 Å². The molecule has 0 aromatic heterocycles. The van der Waals surface area contributed by atoms with Crippen molar-refractivity contribution in [3.8, 4) is 0 Å². The fourth-order valence-electron chi connectivity index (χ4n) is 2.59. The Kier molecular flexibility index (Phi) is 6.07. The minimum absolute atomic E-state index is 0.196. The van der Waals surface area contributed by atoms with Gasteiger partial charge in [-0.2, -0.15) is 10.2 Å². The maximum atomic E-state index is 11.0. The summed E-state index contributed by atoms with van der Waals surface area (Å²) >= 11 is 0. The maximum Gasteiger partial charge on any atom is 0.335 e. The number of nitrogens with two attached hydrogens (primary N) is 1. The van der Waals surface area contributed by atoms with Crippen molar-refractivity contribution in [2.45, 2.75) is 39.5 Å². The highest BCUT2D eigenvalue weighted by Crippen LogP contribution is 2.29. The number of nitrogen functional groups attached to an aromatic ring is 1. The smallest absolute Gasteiger partial charge is 0.335 e. The van der Waals surface area contributed by atoms with E-state index in [0.29, 0.717) is 5.69 Å². The van der Waals surface area contributed by atoms with E-state index < -0.39 is 5.97 Å². The summed E-state index contributed by atoms with van der Waals surface area (Å²) in [7, 11) is 0. The highest BCUT2D eigenvalue weighted by Gasteiger charge is 2.08. The summed E-state index contributed by atoms with van der Waals surface area (Å²) in [5, 5.41) is 17.5. The van der Waals surface area contributed by atoms with Crippen molar-refractivity contribution in [3.05, 3.63) is 53.1 Å². The number of azo groups is 1. The summed E-state index contributed by atoms with van der Waals surface area (Å²) in [5.41, 5.74) is 10.7. The Labute approximate surface area is 142 Å². The number of aromatic carboxylic acids is 1. The normalized spacial score (nSPS) is 11.1. The van der Waals surface area contributed by atoms with E-state index in [9.17, 15) is 4.79 Å². The van der Waals surface area contributed by atoms with Crippen LogP contribution in [0.5, 0.6) is 0 Å². The lowest BCUT2D eigenvalue weighted by molar-refractivity contribution is 0.0697. The first-order valence-electron chi connectivity index (χ1n) is 8.21. The third-order valence-electron chi connectivity index (χ3n) is 3.75. The van der Waals surface area contributed by atoms with Crippen LogP contribution >= 0.6 is 0 Å². The van der Waals surface area contributed by atoms with Gasteiger partial charge < -0.3 is 10.8 Å². The van der Waals surface area contributed by atoms with Crippen LogP contribution in [-0.4, -0.2) is 11.1 Å². The van der Waals surface area contributed by atoms with E-state index in [1.807, 2.05) is 12.1 Å². The quantitative estimate of drug-likeness (QED) is 0.535. The largest absolute Gasteiger partial charge is 0.478 e. The minimum atomic E-state index is -0.977. The van der Waals surface area contributed by atoms with Crippen LogP contribution in [0.25, 0.3) is 0 Å². The zero-order chi connectivity index (χ0) is 17.5. The van der Waals surface area contributed by atoms with Gasteiger partial charge in [0.1, 0.15) is 0 Å². The highest BCUT2D eigenvalue weighted by atomic mass is 16.4. The zero-order valence-corrected chi connectivity index (χ0v) is 14.1.